The number of hydrogen-bond acceptors (Lipinski definition) is 1. The number of rotatable bonds is 6. The van der Waals surface area contributed by atoms with Crippen LogP contribution in [0.2, 0.25) is 0 Å². The van der Waals surface area contributed by atoms with Crippen LogP contribution in [0.3, 0.4) is 0 Å². The van der Waals surface area contributed by atoms with E-state index in [1.54, 1.807) is 5.56 Å². The molecule has 0 saturated heterocycles. The molecule has 5 atom stereocenters. The normalized spacial score (nSPS) is 27.1. The summed E-state index contributed by atoms with van der Waals surface area (Å²) >= 11 is 0. The Morgan fingerprint density at radius 3 is 2.09 bits per heavy atom. The molecule has 0 N–H and O–H groups in total. The summed E-state index contributed by atoms with van der Waals surface area (Å²) in [5.41, 5.74) is 19.8. The zero-order valence-electron chi connectivity index (χ0n) is 31.6. The van der Waals surface area contributed by atoms with Gasteiger partial charge in [0.2, 0.25) is 0 Å². The van der Waals surface area contributed by atoms with Gasteiger partial charge < -0.3 is 4.90 Å². The van der Waals surface area contributed by atoms with Gasteiger partial charge in [-0.2, -0.15) is 0 Å². The van der Waals surface area contributed by atoms with Gasteiger partial charge in [-0.3, -0.25) is 0 Å². The molecule has 0 heterocycles. The summed E-state index contributed by atoms with van der Waals surface area (Å²) in [4.78, 5) is 2.49. The maximum Gasteiger partial charge on any atom is 0.0586 e. The molecule has 6 aliphatic carbocycles. The highest BCUT2D eigenvalue weighted by Crippen LogP contribution is 2.86. The second kappa shape index (κ2) is 11.0. The maximum atomic E-state index is 3.48. The Hall–Kier alpha value is -5.06. The molecule has 2 bridgehead atoms. The lowest BCUT2D eigenvalue weighted by atomic mass is 9.31. The van der Waals surface area contributed by atoms with Gasteiger partial charge in [-0.25, -0.2) is 0 Å². The van der Waals surface area contributed by atoms with E-state index < -0.39 is 0 Å². The van der Waals surface area contributed by atoms with Crippen molar-refractivity contribution in [1.82, 2.24) is 0 Å². The lowest BCUT2D eigenvalue weighted by Gasteiger charge is -2.73. The van der Waals surface area contributed by atoms with Gasteiger partial charge in [0, 0.05) is 33.8 Å². The zero-order chi connectivity index (χ0) is 35.8. The average molecular weight is 698 g/mol. The van der Waals surface area contributed by atoms with Crippen molar-refractivity contribution in [1.29, 1.82) is 0 Å². The molecule has 0 aromatic heterocycles. The van der Waals surface area contributed by atoms with Crippen LogP contribution < -0.4 is 4.90 Å². The van der Waals surface area contributed by atoms with E-state index in [-0.39, 0.29) is 5.41 Å². The Labute approximate surface area is 321 Å². The first-order chi connectivity index (χ1) is 26.4. The van der Waals surface area contributed by atoms with E-state index in [0.717, 1.165) is 30.6 Å². The summed E-state index contributed by atoms with van der Waals surface area (Å²) in [6.45, 7) is 4.85. The van der Waals surface area contributed by atoms with Crippen molar-refractivity contribution in [2.45, 2.75) is 82.5 Å². The van der Waals surface area contributed by atoms with Crippen molar-refractivity contribution >= 4 is 17.1 Å². The van der Waals surface area contributed by atoms with Gasteiger partial charge in [0.1, 0.15) is 0 Å². The third-order valence-electron chi connectivity index (χ3n) is 15.8. The van der Waals surface area contributed by atoms with E-state index in [0.29, 0.717) is 10.8 Å². The van der Waals surface area contributed by atoms with Crippen LogP contribution in [0.25, 0.3) is 33.4 Å². The summed E-state index contributed by atoms with van der Waals surface area (Å²) in [5.74, 6) is 3.04. The van der Waals surface area contributed by atoms with Gasteiger partial charge in [-0.05, 0) is 167 Å². The minimum atomic E-state index is -0.128. The van der Waals surface area contributed by atoms with E-state index >= 15 is 0 Å². The maximum absolute atomic E-state index is 3.48. The van der Waals surface area contributed by atoms with Crippen LogP contribution in [-0.4, -0.2) is 0 Å². The molecule has 1 heteroatoms. The lowest BCUT2D eigenvalue weighted by Crippen LogP contribution is -2.68. The van der Waals surface area contributed by atoms with Crippen molar-refractivity contribution in [2.75, 3.05) is 4.90 Å². The number of fused-ring (bicyclic) bond motifs is 5. The SMILES string of the molecule is CC1(C)c2cc(-c3ccc(C45CC6CC7CC(C4)C75C6)cc3)ccc2-c2ccc(N(c3ccc(-c4ccccc4)cc3)c3cc#cc4c3CCCC4)cc21. The largest absolute Gasteiger partial charge is 0.310 e. The summed E-state index contributed by atoms with van der Waals surface area (Å²) < 4.78 is 0. The number of anilines is 3. The molecular formula is C53H47N. The topological polar surface area (TPSA) is 3.24 Å². The Morgan fingerprint density at radius 2 is 1.30 bits per heavy atom. The molecule has 264 valence electrons. The van der Waals surface area contributed by atoms with Crippen molar-refractivity contribution in [3.8, 4) is 33.4 Å². The van der Waals surface area contributed by atoms with Crippen LogP contribution in [0.5, 0.6) is 0 Å². The van der Waals surface area contributed by atoms with Crippen molar-refractivity contribution in [2.24, 2.45) is 23.2 Å². The Balaban J connectivity index is 0.904. The monoisotopic (exact) mass is 697 g/mol. The van der Waals surface area contributed by atoms with Gasteiger partial charge in [-0.15, -0.1) is 0 Å². The van der Waals surface area contributed by atoms with Crippen LogP contribution in [-0.2, 0) is 23.7 Å². The Bertz CT molecular complexity index is 2470. The van der Waals surface area contributed by atoms with Gasteiger partial charge in [0.15, 0.2) is 0 Å². The number of hydrogen-bond donors (Lipinski definition) is 0. The molecule has 0 aliphatic heterocycles. The molecule has 1 spiro atoms. The third-order valence-corrected chi connectivity index (χ3v) is 15.8. The van der Waals surface area contributed by atoms with Crippen molar-refractivity contribution in [3.63, 3.8) is 0 Å². The predicted molar refractivity (Wildman–Crippen MR) is 222 cm³/mol. The average Bonchev–Trinajstić information content (AvgIpc) is 3.80. The Kier molecular flexibility index (Phi) is 6.38. The second-order valence-electron chi connectivity index (χ2n) is 18.4. The molecule has 12 rings (SSSR count). The van der Waals surface area contributed by atoms with Crippen molar-refractivity contribution in [3.05, 3.63) is 161 Å². The van der Waals surface area contributed by atoms with Gasteiger partial charge in [0.05, 0.1) is 5.69 Å². The molecule has 0 amide bonds. The molecule has 4 fully saturated rings. The van der Waals surface area contributed by atoms with E-state index in [1.165, 1.54) is 118 Å². The smallest absolute Gasteiger partial charge is 0.0586 e. The highest BCUT2D eigenvalue weighted by atomic mass is 15.1. The highest BCUT2D eigenvalue weighted by Gasteiger charge is 2.80. The fourth-order valence-corrected chi connectivity index (χ4v) is 13.4. The lowest BCUT2D eigenvalue weighted by molar-refractivity contribution is -0.198. The highest BCUT2D eigenvalue weighted by molar-refractivity contribution is 5.88. The predicted octanol–water partition coefficient (Wildman–Crippen LogP) is 13.4. The Morgan fingerprint density at radius 1 is 0.611 bits per heavy atom. The number of nitrogens with zero attached hydrogens (tertiary/aromatic N) is 1. The zero-order valence-corrected chi connectivity index (χ0v) is 31.6. The van der Waals surface area contributed by atoms with E-state index in [9.17, 15) is 0 Å². The molecule has 6 aliphatic rings. The fraction of sp³-hybridized carbons (Fsp3) is 0.321. The van der Waals surface area contributed by atoms with Crippen LogP contribution >= 0.6 is 0 Å². The molecular weight excluding hydrogens is 651 g/mol. The molecule has 0 radical (unpaired) electrons. The van der Waals surface area contributed by atoms with Crippen molar-refractivity contribution < 1.29 is 0 Å². The van der Waals surface area contributed by atoms with Crippen LogP contribution in [0, 0.1) is 35.3 Å². The van der Waals surface area contributed by atoms with E-state index in [2.05, 4.69) is 152 Å². The standard InChI is InChI=1S/C53H47N/c1-51(2)48-28-39(37-15-20-40(21-16-37)52-31-34-27-41-29-42(33-52)53(41,52)32-34)19-25-46(48)47-26-24-44(30-49(47)51)54(50-14-8-12-38-11-6-7-13-45(38)50)43-22-17-36(18-23-43)35-9-4-3-5-10-35/h3-5,9-10,14-26,28,30,34,41-42H,6-7,11,13,27,29,31-33H2,1-2H3. The van der Waals surface area contributed by atoms with Crippen LogP contribution in [0.4, 0.5) is 17.1 Å². The van der Waals surface area contributed by atoms with Gasteiger partial charge in [0.25, 0.3) is 0 Å². The molecule has 6 aromatic carbocycles. The van der Waals surface area contributed by atoms with Gasteiger partial charge in [-0.1, -0.05) is 111 Å². The molecule has 4 saturated carbocycles. The van der Waals surface area contributed by atoms with E-state index in [4.69, 9.17) is 0 Å². The van der Waals surface area contributed by atoms with Gasteiger partial charge >= 0.3 is 0 Å². The van der Waals surface area contributed by atoms with Crippen LogP contribution in [0.1, 0.15) is 86.6 Å². The minimum absolute atomic E-state index is 0.128. The first kappa shape index (κ1) is 31.3. The number of benzene rings is 5. The molecule has 54 heavy (non-hydrogen) atoms. The third kappa shape index (κ3) is 4.07. The summed E-state index contributed by atoms with van der Waals surface area (Å²) in [6, 6.07) is 53.3. The first-order valence-electron chi connectivity index (χ1n) is 20.7. The summed E-state index contributed by atoms with van der Waals surface area (Å²) in [7, 11) is 0. The first-order valence-corrected chi connectivity index (χ1v) is 20.7. The second-order valence-corrected chi connectivity index (χ2v) is 18.4. The minimum Gasteiger partial charge on any atom is -0.310 e. The van der Waals surface area contributed by atoms with Crippen LogP contribution in [0.15, 0.2) is 121 Å². The quantitative estimate of drug-likeness (QED) is 0.167. The molecule has 6 aromatic rings. The summed E-state index contributed by atoms with van der Waals surface area (Å²) in [5, 5.41) is 0. The van der Waals surface area contributed by atoms with E-state index in [1.807, 2.05) is 0 Å². The molecule has 5 unspecified atom stereocenters. The summed E-state index contributed by atoms with van der Waals surface area (Å²) in [6.07, 6.45) is 12.1. The fourth-order valence-electron chi connectivity index (χ4n) is 13.4. The molecule has 1 nitrogen and oxygen atoms in total.